The van der Waals surface area contributed by atoms with Crippen molar-refractivity contribution in [3.8, 4) is 11.5 Å². The van der Waals surface area contributed by atoms with Crippen LogP contribution in [0.4, 0.5) is 0 Å². The second-order valence-corrected chi connectivity index (χ2v) is 6.67. The smallest absolute Gasteiger partial charge is 0.288 e. The molecule has 0 aliphatic heterocycles. The normalized spacial score (nSPS) is 12.3. The van der Waals surface area contributed by atoms with Gasteiger partial charge in [-0.15, -0.1) is 0 Å². The molecule has 1 aromatic carbocycles. The maximum atomic E-state index is 12.2. The van der Waals surface area contributed by atoms with Crippen LogP contribution < -0.4 is 4.73 Å². The summed E-state index contributed by atoms with van der Waals surface area (Å²) in [4.78, 5) is 5.45. The van der Waals surface area contributed by atoms with E-state index in [4.69, 9.17) is 4.84 Å². The first-order chi connectivity index (χ1) is 11.1. The Kier molecular flexibility index (Phi) is 4.68. The molecule has 0 saturated carbocycles. The fraction of sp³-hybridized carbons (Fsp3) is 0.333. The molecule has 0 radical (unpaired) electrons. The number of oxime groups is 1. The lowest BCUT2D eigenvalue weighted by Gasteiger charge is -2.18. The molecule has 1 heterocycles. The Bertz CT molecular complexity index is 772. The Morgan fingerprint density at radius 1 is 1.12 bits per heavy atom. The molecular weight excluding hydrogens is 308 g/mol. The second-order valence-electron chi connectivity index (χ2n) is 6.67. The Morgan fingerprint density at radius 3 is 2.33 bits per heavy atom. The lowest BCUT2D eigenvalue weighted by Crippen LogP contribution is -2.35. The summed E-state index contributed by atoms with van der Waals surface area (Å²) in [6.07, 6.45) is 1.25. The minimum Gasteiger partial charge on any atom is -0.618 e. The number of hydrogen-bond acceptors (Lipinski definition) is 5. The molecule has 0 saturated heterocycles. The summed E-state index contributed by atoms with van der Waals surface area (Å²) < 4.78 is 0.495. The van der Waals surface area contributed by atoms with E-state index in [1.165, 1.54) is 18.3 Å². The third-order valence-electron chi connectivity index (χ3n) is 3.44. The number of pyridine rings is 1. The van der Waals surface area contributed by atoms with Crippen LogP contribution in [0.5, 0.6) is 11.5 Å². The lowest BCUT2D eigenvalue weighted by molar-refractivity contribution is -0.607. The first kappa shape index (κ1) is 17.6. The average molecular weight is 330 g/mol. The second kappa shape index (κ2) is 6.39. The van der Waals surface area contributed by atoms with Gasteiger partial charge in [-0.25, -0.2) is 0 Å². The number of aromatic nitrogens is 1. The van der Waals surface area contributed by atoms with E-state index in [-0.39, 0.29) is 22.9 Å². The number of benzene rings is 1. The first-order valence-electron chi connectivity index (χ1n) is 7.58. The van der Waals surface area contributed by atoms with Gasteiger partial charge in [0.25, 0.3) is 5.69 Å². The maximum absolute atomic E-state index is 12.2. The molecule has 0 aliphatic carbocycles. The zero-order chi connectivity index (χ0) is 18.1. The van der Waals surface area contributed by atoms with Crippen molar-refractivity contribution >= 4 is 5.71 Å². The zero-order valence-corrected chi connectivity index (χ0v) is 14.5. The van der Waals surface area contributed by atoms with Crippen molar-refractivity contribution in [1.29, 1.82) is 0 Å². The van der Waals surface area contributed by atoms with Gasteiger partial charge in [-0.2, -0.15) is 4.73 Å². The molecule has 2 N–H and O–H groups in total. The number of rotatable bonds is 3. The molecule has 0 aliphatic rings. The minimum absolute atomic E-state index is 0.0439. The number of aryl methyl sites for hydroxylation is 2. The Balaban J connectivity index is 2.72. The van der Waals surface area contributed by atoms with E-state index in [1.807, 2.05) is 34.6 Å². The van der Waals surface area contributed by atoms with Crippen molar-refractivity contribution in [3.05, 3.63) is 58.1 Å². The third-order valence-corrected chi connectivity index (χ3v) is 3.44. The van der Waals surface area contributed by atoms with Crippen molar-refractivity contribution < 1.29 is 19.8 Å². The molecule has 6 heteroatoms. The van der Waals surface area contributed by atoms with Crippen LogP contribution in [0, 0.1) is 19.1 Å². The molecule has 1 aromatic heterocycles. The fourth-order valence-electron chi connectivity index (χ4n) is 2.10. The van der Waals surface area contributed by atoms with E-state index in [9.17, 15) is 15.4 Å². The van der Waals surface area contributed by atoms with Gasteiger partial charge in [0.2, 0.25) is 0 Å². The number of nitrogens with zero attached hydrogens (tertiary/aromatic N) is 2. The van der Waals surface area contributed by atoms with E-state index in [1.54, 1.807) is 12.1 Å². The maximum Gasteiger partial charge on any atom is 0.288 e. The number of phenols is 1. The highest BCUT2D eigenvalue weighted by molar-refractivity contribution is 6.13. The fourth-order valence-corrected chi connectivity index (χ4v) is 2.10. The molecular formula is C18H22N2O4. The topological polar surface area (TPSA) is 89.0 Å². The predicted octanol–water partition coefficient (Wildman–Crippen LogP) is 2.92. The number of hydrogen-bond donors (Lipinski definition) is 2. The van der Waals surface area contributed by atoms with Gasteiger partial charge in [-0.05, 0) is 63.9 Å². The Morgan fingerprint density at radius 2 is 1.75 bits per heavy atom. The van der Waals surface area contributed by atoms with Crippen LogP contribution in [0.3, 0.4) is 0 Å². The van der Waals surface area contributed by atoms with E-state index in [0.717, 1.165) is 11.1 Å². The van der Waals surface area contributed by atoms with Crippen molar-refractivity contribution in [2.24, 2.45) is 5.16 Å². The standard InChI is InChI=1S/C18H22N2O4/c1-11-9-13(15(22)10-12(11)2)16(19-24-18(3,4)5)17-14(21)7-6-8-20(17)23/h6-10,21-22H,1-5H3/b19-16-. The lowest BCUT2D eigenvalue weighted by atomic mass is 9.99. The highest BCUT2D eigenvalue weighted by Gasteiger charge is 2.26. The molecule has 2 aromatic rings. The summed E-state index contributed by atoms with van der Waals surface area (Å²) in [7, 11) is 0. The molecule has 0 fully saturated rings. The van der Waals surface area contributed by atoms with Gasteiger partial charge >= 0.3 is 0 Å². The molecule has 0 unspecified atom stereocenters. The summed E-state index contributed by atoms with van der Waals surface area (Å²) in [5, 5.41) is 36.7. The van der Waals surface area contributed by atoms with Crippen LogP contribution in [0.2, 0.25) is 0 Å². The van der Waals surface area contributed by atoms with Crippen LogP contribution in [0.15, 0.2) is 35.6 Å². The summed E-state index contributed by atoms with van der Waals surface area (Å²) in [6, 6.07) is 6.11. The molecule has 128 valence electrons. The van der Waals surface area contributed by atoms with E-state index in [0.29, 0.717) is 10.3 Å². The van der Waals surface area contributed by atoms with Crippen LogP contribution in [0.25, 0.3) is 0 Å². The average Bonchev–Trinajstić information content (AvgIpc) is 2.45. The van der Waals surface area contributed by atoms with Gasteiger partial charge in [0.05, 0.1) is 5.56 Å². The quantitative estimate of drug-likeness (QED) is 0.392. The van der Waals surface area contributed by atoms with E-state index >= 15 is 0 Å². The highest BCUT2D eigenvalue weighted by atomic mass is 16.6. The molecule has 24 heavy (non-hydrogen) atoms. The van der Waals surface area contributed by atoms with Crippen LogP contribution >= 0.6 is 0 Å². The van der Waals surface area contributed by atoms with E-state index < -0.39 is 5.60 Å². The van der Waals surface area contributed by atoms with Crippen LogP contribution in [-0.4, -0.2) is 21.5 Å². The monoisotopic (exact) mass is 330 g/mol. The van der Waals surface area contributed by atoms with Crippen molar-refractivity contribution in [3.63, 3.8) is 0 Å². The summed E-state index contributed by atoms with van der Waals surface area (Å²) >= 11 is 0. The van der Waals surface area contributed by atoms with Crippen LogP contribution in [-0.2, 0) is 4.84 Å². The Labute approximate surface area is 141 Å². The van der Waals surface area contributed by atoms with Gasteiger partial charge in [-0.3, -0.25) is 0 Å². The van der Waals surface area contributed by atoms with Crippen molar-refractivity contribution in [2.45, 2.75) is 40.2 Å². The SMILES string of the molecule is Cc1cc(O)c(/C(=N/OC(C)(C)C)c2c(O)ccc[n+]2[O-])cc1C. The number of phenolic OH excluding ortho intramolecular Hbond substituents is 1. The summed E-state index contributed by atoms with van der Waals surface area (Å²) in [5.41, 5.74) is 1.52. The van der Waals surface area contributed by atoms with E-state index in [2.05, 4.69) is 5.16 Å². The Hall–Kier alpha value is -2.76. The zero-order valence-electron chi connectivity index (χ0n) is 14.5. The molecule has 0 atom stereocenters. The molecule has 0 amide bonds. The van der Waals surface area contributed by atoms with Gasteiger partial charge in [0.15, 0.2) is 17.7 Å². The molecule has 2 rings (SSSR count). The van der Waals surface area contributed by atoms with Crippen molar-refractivity contribution in [1.82, 2.24) is 0 Å². The van der Waals surface area contributed by atoms with Gasteiger partial charge < -0.3 is 20.3 Å². The van der Waals surface area contributed by atoms with Gasteiger partial charge in [0.1, 0.15) is 11.4 Å². The van der Waals surface area contributed by atoms with Gasteiger partial charge in [-0.1, -0.05) is 5.16 Å². The molecule has 0 bridgehead atoms. The predicted molar refractivity (Wildman–Crippen MR) is 91.1 cm³/mol. The largest absolute Gasteiger partial charge is 0.618 e. The molecule has 0 spiro atoms. The third kappa shape index (κ3) is 3.76. The summed E-state index contributed by atoms with van der Waals surface area (Å²) in [5.74, 6) is -0.293. The molecule has 6 nitrogen and oxygen atoms in total. The van der Waals surface area contributed by atoms with Gasteiger partial charge in [0, 0.05) is 6.07 Å². The minimum atomic E-state index is -0.598. The first-order valence-corrected chi connectivity index (χ1v) is 7.58. The van der Waals surface area contributed by atoms with Crippen LogP contribution in [0.1, 0.15) is 43.2 Å². The number of aromatic hydroxyl groups is 2. The highest BCUT2D eigenvalue weighted by Crippen LogP contribution is 2.27. The van der Waals surface area contributed by atoms with Crippen molar-refractivity contribution in [2.75, 3.05) is 0 Å². The summed E-state index contributed by atoms with van der Waals surface area (Å²) in [6.45, 7) is 9.19.